The number of benzene rings is 1. The van der Waals surface area contributed by atoms with Crippen molar-refractivity contribution in [3.8, 4) is 0 Å². The second kappa shape index (κ2) is 5.87. The Hall–Kier alpha value is -1.88. The van der Waals surface area contributed by atoms with E-state index in [4.69, 9.17) is 4.84 Å². The molecule has 5 nitrogen and oxygen atoms in total. The van der Waals surface area contributed by atoms with Crippen LogP contribution in [0.25, 0.3) is 0 Å². The van der Waals surface area contributed by atoms with E-state index in [1.807, 2.05) is 0 Å². The van der Waals surface area contributed by atoms with Gasteiger partial charge in [0.25, 0.3) is 0 Å². The maximum absolute atomic E-state index is 11.8. The molecular formula is C11H13N2O3. The summed E-state index contributed by atoms with van der Waals surface area (Å²) >= 11 is 0. The van der Waals surface area contributed by atoms with E-state index in [0.717, 1.165) is 9.96 Å². The summed E-state index contributed by atoms with van der Waals surface area (Å²) in [6.45, 7) is 2.09. The van der Waals surface area contributed by atoms with Gasteiger partial charge >= 0.3 is 12.4 Å². The Morgan fingerprint density at radius 3 is 2.44 bits per heavy atom. The quantitative estimate of drug-likeness (QED) is 0.572. The third-order valence-electron chi connectivity index (χ3n) is 2.02. The van der Waals surface area contributed by atoms with Crippen molar-refractivity contribution in [1.29, 1.82) is 0 Å². The maximum Gasteiger partial charge on any atom is 0.355 e. The summed E-state index contributed by atoms with van der Waals surface area (Å²) in [6.07, 6.45) is 1.58. The largest absolute Gasteiger partial charge is 0.355 e. The molecule has 0 spiro atoms. The predicted molar refractivity (Wildman–Crippen MR) is 59.4 cm³/mol. The van der Waals surface area contributed by atoms with E-state index in [1.54, 1.807) is 43.7 Å². The molecule has 0 atom stereocenters. The van der Waals surface area contributed by atoms with Gasteiger partial charge in [0.2, 0.25) is 0 Å². The van der Waals surface area contributed by atoms with Gasteiger partial charge in [-0.3, -0.25) is 9.63 Å². The molecule has 0 aliphatic carbocycles. The van der Waals surface area contributed by atoms with Gasteiger partial charge in [-0.1, -0.05) is 18.2 Å². The molecule has 1 radical (unpaired) electrons. The highest BCUT2D eigenvalue weighted by molar-refractivity contribution is 6.05. The number of rotatable bonds is 4. The van der Waals surface area contributed by atoms with Gasteiger partial charge in [0.1, 0.15) is 0 Å². The molecular weight excluding hydrogens is 208 g/mol. The summed E-state index contributed by atoms with van der Waals surface area (Å²) in [5.41, 5.74) is 0.456. The van der Waals surface area contributed by atoms with Gasteiger partial charge in [-0.2, -0.15) is 0 Å². The second-order valence-electron chi connectivity index (χ2n) is 2.92. The fraction of sp³-hybridized carbons (Fsp3) is 0.273. The molecule has 0 aliphatic heterocycles. The Labute approximate surface area is 94.2 Å². The van der Waals surface area contributed by atoms with Crippen LogP contribution in [0, 0.1) is 0 Å². The zero-order valence-electron chi connectivity index (χ0n) is 9.21. The minimum Gasteiger partial charge on any atom is -0.273 e. The third kappa shape index (κ3) is 2.58. The van der Waals surface area contributed by atoms with Gasteiger partial charge in [-0.25, -0.2) is 14.8 Å². The SMILES string of the molecule is CCN(OC)C(=O)N([C]=O)c1ccccc1. The molecule has 0 unspecified atom stereocenters. The Balaban J connectivity index is 2.91. The Bertz CT molecular complexity index is 350. The Morgan fingerprint density at radius 1 is 1.38 bits per heavy atom. The molecule has 0 aliphatic rings. The highest BCUT2D eigenvalue weighted by Gasteiger charge is 2.21. The molecule has 0 fully saturated rings. The number of carbonyl (C=O) groups is 1. The van der Waals surface area contributed by atoms with Crippen LogP contribution >= 0.6 is 0 Å². The molecule has 0 saturated heterocycles. The molecule has 1 aromatic carbocycles. The lowest BCUT2D eigenvalue weighted by molar-refractivity contribution is -0.0789. The highest BCUT2D eigenvalue weighted by Crippen LogP contribution is 2.13. The lowest BCUT2D eigenvalue weighted by Crippen LogP contribution is -2.42. The molecule has 5 heteroatoms. The molecule has 0 heterocycles. The number of nitrogens with zero attached hydrogens (tertiary/aromatic N) is 2. The minimum absolute atomic E-state index is 0.348. The van der Waals surface area contributed by atoms with Crippen LogP contribution < -0.4 is 4.90 Å². The lowest BCUT2D eigenvalue weighted by Gasteiger charge is -2.22. The van der Waals surface area contributed by atoms with Gasteiger partial charge in [0.15, 0.2) is 0 Å². The molecule has 16 heavy (non-hydrogen) atoms. The number of amides is 3. The first-order chi connectivity index (χ1) is 7.74. The number of hydrogen-bond donors (Lipinski definition) is 0. The molecule has 3 amide bonds. The number of para-hydroxylation sites is 1. The van der Waals surface area contributed by atoms with E-state index in [-0.39, 0.29) is 0 Å². The number of carbonyl (C=O) groups excluding carboxylic acids is 2. The molecule has 85 valence electrons. The van der Waals surface area contributed by atoms with Crippen molar-refractivity contribution >= 4 is 18.1 Å². The highest BCUT2D eigenvalue weighted by atomic mass is 16.7. The normalized spacial score (nSPS) is 9.62. The fourth-order valence-corrected chi connectivity index (χ4v) is 1.23. The maximum atomic E-state index is 11.8. The van der Waals surface area contributed by atoms with Crippen molar-refractivity contribution in [3.63, 3.8) is 0 Å². The Kier molecular flexibility index (Phi) is 4.47. The number of imide groups is 1. The first-order valence-electron chi connectivity index (χ1n) is 4.83. The van der Waals surface area contributed by atoms with E-state index in [2.05, 4.69) is 0 Å². The summed E-state index contributed by atoms with van der Waals surface area (Å²) in [4.78, 5) is 28.3. The smallest absolute Gasteiger partial charge is 0.273 e. The zero-order valence-corrected chi connectivity index (χ0v) is 9.21. The predicted octanol–water partition coefficient (Wildman–Crippen LogP) is 1.56. The zero-order chi connectivity index (χ0) is 12.0. The van der Waals surface area contributed by atoms with Crippen LogP contribution in [0.5, 0.6) is 0 Å². The number of hydrogen-bond acceptors (Lipinski definition) is 3. The third-order valence-corrected chi connectivity index (χ3v) is 2.02. The summed E-state index contributed by atoms with van der Waals surface area (Å²) < 4.78 is 0. The van der Waals surface area contributed by atoms with Gasteiger partial charge in [-0.05, 0) is 19.1 Å². The van der Waals surface area contributed by atoms with Crippen molar-refractivity contribution in [2.75, 3.05) is 18.6 Å². The van der Waals surface area contributed by atoms with Gasteiger partial charge < -0.3 is 0 Å². The van der Waals surface area contributed by atoms with Crippen molar-refractivity contribution in [2.24, 2.45) is 0 Å². The van der Waals surface area contributed by atoms with Crippen LogP contribution in [0.1, 0.15) is 6.92 Å². The second-order valence-corrected chi connectivity index (χ2v) is 2.92. The first kappa shape index (κ1) is 12.2. The van der Waals surface area contributed by atoms with Crippen molar-refractivity contribution in [2.45, 2.75) is 6.92 Å². The molecule has 0 bridgehead atoms. The number of hydroxylamine groups is 2. The first-order valence-corrected chi connectivity index (χ1v) is 4.83. The van der Waals surface area contributed by atoms with Crippen LogP contribution in [0.4, 0.5) is 10.5 Å². The van der Waals surface area contributed by atoms with E-state index < -0.39 is 6.03 Å². The summed E-state index contributed by atoms with van der Waals surface area (Å²) in [5, 5.41) is 1.07. The van der Waals surface area contributed by atoms with E-state index in [1.165, 1.54) is 7.11 Å². The molecule has 0 aromatic heterocycles. The summed E-state index contributed by atoms with van der Waals surface area (Å²) in [6, 6.07) is 7.99. The molecule has 0 saturated carbocycles. The Morgan fingerprint density at radius 2 is 2.00 bits per heavy atom. The molecule has 0 N–H and O–H groups in total. The van der Waals surface area contributed by atoms with Crippen LogP contribution in [0.3, 0.4) is 0 Å². The summed E-state index contributed by atoms with van der Waals surface area (Å²) in [5.74, 6) is 0. The van der Waals surface area contributed by atoms with Gasteiger partial charge in [0.05, 0.1) is 12.8 Å². The van der Waals surface area contributed by atoms with E-state index in [9.17, 15) is 9.59 Å². The average Bonchev–Trinajstić information content (AvgIpc) is 2.33. The minimum atomic E-state index is -0.564. The monoisotopic (exact) mass is 221 g/mol. The van der Waals surface area contributed by atoms with Crippen molar-refractivity contribution in [1.82, 2.24) is 5.06 Å². The average molecular weight is 221 g/mol. The van der Waals surface area contributed by atoms with Crippen LogP contribution in [-0.2, 0) is 9.63 Å². The van der Waals surface area contributed by atoms with Gasteiger partial charge in [-0.15, -0.1) is 0 Å². The molecule has 1 rings (SSSR count). The number of urea groups is 1. The summed E-state index contributed by atoms with van der Waals surface area (Å²) in [7, 11) is 1.37. The fourth-order valence-electron chi connectivity index (χ4n) is 1.23. The van der Waals surface area contributed by atoms with Crippen LogP contribution in [0.15, 0.2) is 30.3 Å². The van der Waals surface area contributed by atoms with Crippen molar-refractivity contribution < 1.29 is 14.4 Å². The van der Waals surface area contributed by atoms with E-state index in [0.29, 0.717) is 12.2 Å². The standard InChI is InChI=1S/C11H13N2O3/c1-3-13(16-2)11(15)12(9-14)10-7-5-4-6-8-10/h4-8H,3H2,1-2H3. The lowest BCUT2D eigenvalue weighted by atomic mass is 10.3. The van der Waals surface area contributed by atoms with E-state index >= 15 is 0 Å². The number of anilines is 1. The van der Waals surface area contributed by atoms with Crippen LogP contribution in [-0.4, -0.2) is 31.2 Å². The molecule has 1 aromatic rings. The van der Waals surface area contributed by atoms with Crippen molar-refractivity contribution in [3.05, 3.63) is 30.3 Å². The van der Waals surface area contributed by atoms with Gasteiger partial charge in [0, 0.05) is 6.54 Å². The topological polar surface area (TPSA) is 49.9 Å². The van der Waals surface area contributed by atoms with Crippen LogP contribution in [0.2, 0.25) is 0 Å².